The van der Waals surface area contributed by atoms with Gasteiger partial charge in [0, 0.05) is 23.7 Å². The molecule has 2 aromatic heterocycles. The highest BCUT2D eigenvalue weighted by Gasteiger charge is 2.29. The maximum Gasteiger partial charge on any atom is 0.404 e. The van der Waals surface area contributed by atoms with E-state index in [2.05, 4.69) is 25.8 Å². The van der Waals surface area contributed by atoms with Crippen molar-refractivity contribution >= 4 is 17.8 Å². The summed E-state index contributed by atoms with van der Waals surface area (Å²) in [4.78, 5) is 27.0. The highest BCUT2D eigenvalue weighted by molar-refractivity contribution is 5.90. The van der Waals surface area contributed by atoms with E-state index in [1.165, 1.54) is 0 Å². The van der Waals surface area contributed by atoms with Gasteiger partial charge in [-0.1, -0.05) is 6.92 Å². The van der Waals surface area contributed by atoms with Gasteiger partial charge in [-0.3, -0.25) is 9.89 Å². The smallest absolute Gasteiger partial charge is 0.404 e. The molecule has 0 bridgehead atoms. The summed E-state index contributed by atoms with van der Waals surface area (Å²) in [5.74, 6) is 2.14. The maximum atomic E-state index is 12.1. The molecule has 4 N–H and O–H groups in total. The van der Waals surface area contributed by atoms with Crippen LogP contribution in [-0.2, 0) is 11.2 Å². The fourth-order valence-corrected chi connectivity index (χ4v) is 3.89. The van der Waals surface area contributed by atoms with Gasteiger partial charge in [0.1, 0.15) is 12.2 Å². The Balaban J connectivity index is 1.50. The maximum absolute atomic E-state index is 12.1. The predicted octanol–water partition coefficient (Wildman–Crippen LogP) is 3.21. The molecular weight excluding hydrogens is 362 g/mol. The van der Waals surface area contributed by atoms with Crippen molar-refractivity contribution in [1.29, 1.82) is 0 Å². The Bertz CT molecular complexity index is 815. The van der Waals surface area contributed by atoms with Crippen LogP contribution in [0.2, 0.25) is 0 Å². The molecule has 0 spiro atoms. The van der Waals surface area contributed by atoms with E-state index in [0.29, 0.717) is 29.3 Å². The SMILES string of the molecule is CCC(CC1CCC(c2cc(NC(=O)Cc3ncc(C)o3)n[nH]2)C1)NC(=O)O. The van der Waals surface area contributed by atoms with Crippen molar-refractivity contribution in [2.75, 3.05) is 5.32 Å². The zero-order valence-corrected chi connectivity index (χ0v) is 16.2. The van der Waals surface area contributed by atoms with E-state index in [-0.39, 0.29) is 18.4 Å². The van der Waals surface area contributed by atoms with E-state index in [9.17, 15) is 9.59 Å². The van der Waals surface area contributed by atoms with Gasteiger partial charge in [0.2, 0.25) is 11.8 Å². The van der Waals surface area contributed by atoms with E-state index in [1.807, 2.05) is 13.0 Å². The van der Waals surface area contributed by atoms with E-state index in [4.69, 9.17) is 9.52 Å². The Morgan fingerprint density at radius 3 is 2.93 bits per heavy atom. The summed E-state index contributed by atoms with van der Waals surface area (Å²) in [5.41, 5.74) is 1.00. The van der Waals surface area contributed by atoms with E-state index < -0.39 is 6.09 Å². The number of carbonyl (C=O) groups is 2. The Labute approximate surface area is 163 Å². The van der Waals surface area contributed by atoms with Crippen LogP contribution in [0.15, 0.2) is 16.7 Å². The lowest BCUT2D eigenvalue weighted by Gasteiger charge is -2.19. The number of hydrogen-bond acceptors (Lipinski definition) is 5. The lowest BCUT2D eigenvalue weighted by Crippen LogP contribution is -2.34. The van der Waals surface area contributed by atoms with Crippen molar-refractivity contribution in [2.24, 2.45) is 5.92 Å². The zero-order valence-electron chi connectivity index (χ0n) is 16.2. The van der Waals surface area contributed by atoms with Crippen LogP contribution in [0.1, 0.15) is 62.3 Å². The number of carboxylic acid groups (broad SMARTS) is 1. The quantitative estimate of drug-likeness (QED) is 0.548. The summed E-state index contributed by atoms with van der Waals surface area (Å²) < 4.78 is 5.31. The molecule has 152 valence electrons. The molecule has 9 nitrogen and oxygen atoms in total. The van der Waals surface area contributed by atoms with Gasteiger partial charge < -0.3 is 20.2 Å². The van der Waals surface area contributed by atoms with Crippen molar-refractivity contribution in [3.63, 3.8) is 0 Å². The molecule has 3 rings (SSSR count). The van der Waals surface area contributed by atoms with Gasteiger partial charge in [0.05, 0.1) is 6.20 Å². The van der Waals surface area contributed by atoms with Crippen LogP contribution in [0.3, 0.4) is 0 Å². The number of aromatic nitrogens is 3. The molecular formula is C19H27N5O4. The lowest BCUT2D eigenvalue weighted by atomic mass is 9.95. The standard InChI is InChI=1S/C19H27N5O4/c1-3-14(21-19(26)27)7-12-4-5-13(6-12)15-8-16(24-23-15)22-17(25)9-18-20-10-11(2)28-18/h8,10,12-14,21H,3-7,9H2,1-2H3,(H,26,27)(H2,22,23,24,25). The van der Waals surface area contributed by atoms with Crippen molar-refractivity contribution in [2.45, 2.75) is 64.3 Å². The van der Waals surface area contributed by atoms with Gasteiger partial charge in [0.15, 0.2) is 5.82 Å². The number of aryl methyl sites for hydroxylation is 1. The minimum absolute atomic E-state index is 0.00304. The van der Waals surface area contributed by atoms with Gasteiger partial charge in [-0.15, -0.1) is 0 Å². The average molecular weight is 389 g/mol. The van der Waals surface area contributed by atoms with Crippen LogP contribution in [0, 0.1) is 12.8 Å². The molecule has 0 aliphatic heterocycles. The zero-order chi connectivity index (χ0) is 20.1. The molecule has 0 radical (unpaired) electrons. The Morgan fingerprint density at radius 1 is 1.43 bits per heavy atom. The van der Waals surface area contributed by atoms with E-state index >= 15 is 0 Å². The first-order valence-electron chi connectivity index (χ1n) is 9.68. The monoisotopic (exact) mass is 389 g/mol. The van der Waals surface area contributed by atoms with Gasteiger partial charge in [-0.2, -0.15) is 5.10 Å². The summed E-state index contributed by atoms with van der Waals surface area (Å²) >= 11 is 0. The van der Waals surface area contributed by atoms with Gasteiger partial charge in [0.25, 0.3) is 0 Å². The summed E-state index contributed by atoms with van der Waals surface area (Å²) in [6.45, 7) is 3.78. The van der Waals surface area contributed by atoms with Crippen LogP contribution in [0.4, 0.5) is 10.6 Å². The number of oxazole rings is 1. The molecule has 2 aromatic rings. The van der Waals surface area contributed by atoms with Crippen LogP contribution >= 0.6 is 0 Å². The van der Waals surface area contributed by atoms with E-state index in [1.54, 1.807) is 13.1 Å². The third-order valence-corrected chi connectivity index (χ3v) is 5.27. The van der Waals surface area contributed by atoms with Crippen molar-refractivity contribution in [1.82, 2.24) is 20.5 Å². The highest BCUT2D eigenvalue weighted by Crippen LogP contribution is 2.40. The first-order chi connectivity index (χ1) is 13.4. The Kier molecular flexibility index (Phi) is 6.33. The Morgan fingerprint density at radius 2 is 2.25 bits per heavy atom. The number of nitrogens with zero attached hydrogens (tertiary/aromatic N) is 2. The molecule has 0 aromatic carbocycles. The predicted molar refractivity (Wildman–Crippen MR) is 102 cm³/mol. The van der Waals surface area contributed by atoms with Crippen molar-refractivity contribution < 1.29 is 19.1 Å². The summed E-state index contributed by atoms with van der Waals surface area (Å²) in [5, 5.41) is 21.5. The number of carbonyl (C=O) groups excluding carboxylic acids is 1. The second-order valence-electron chi connectivity index (χ2n) is 7.46. The molecule has 3 atom stereocenters. The van der Waals surface area contributed by atoms with Crippen LogP contribution in [0.25, 0.3) is 0 Å². The third-order valence-electron chi connectivity index (χ3n) is 5.27. The number of hydrogen-bond donors (Lipinski definition) is 4. The molecule has 0 saturated heterocycles. The molecule has 1 aliphatic carbocycles. The van der Waals surface area contributed by atoms with Gasteiger partial charge in [-0.25, -0.2) is 9.78 Å². The average Bonchev–Trinajstić information content (AvgIpc) is 3.35. The number of rotatable bonds is 8. The molecule has 1 saturated carbocycles. The minimum Gasteiger partial charge on any atom is -0.465 e. The fraction of sp³-hybridized carbons (Fsp3) is 0.579. The van der Waals surface area contributed by atoms with Crippen molar-refractivity contribution in [3.05, 3.63) is 29.6 Å². The second-order valence-corrected chi connectivity index (χ2v) is 7.46. The number of amides is 2. The normalized spacial score (nSPS) is 20.1. The number of anilines is 1. The second kappa shape index (κ2) is 8.90. The van der Waals surface area contributed by atoms with E-state index in [0.717, 1.165) is 37.8 Å². The molecule has 3 unspecified atom stereocenters. The number of nitrogens with one attached hydrogen (secondary N) is 3. The fourth-order valence-electron chi connectivity index (χ4n) is 3.89. The first-order valence-corrected chi connectivity index (χ1v) is 9.68. The van der Waals surface area contributed by atoms with Crippen LogP contribution in [-0.4, -0.2) is 38.3 Å². The molecule has 28 heavy (non-hydrogen) atoms. The Hall–Kier alpha value is -2.84. The highest BCUT2D eigenvalue weighted by atomic mass is 16.4. The first kappa shape index (κ1) is 19.9. The topological polar surface area (TPSA) is 133 Å². The summed E-state index contributed by atoms with van der Waals surface area (Å²) in [6, 6.07) is 1.87. The largest absolute Gasteiger partial charge is 0.465 e. The molecule has 2 heterocycles. The summed E-state index contributed by atoms with van der Waals surface area (Å²) in [7, 11) is 0. The molecule has 1 fully saturated rings. The van der Waals surface area contributed by atoms with Gasteiger partial charge >= 0.3 is 6.09 Å². The summed E-state index contributed by atoms with van der Waals surface area (Å²) in [6.07, 6.45) is 5.41. The third kappa shape index (κ3) is 5.34. The molecule has 2 amide bonds. The number of H-pyrrole nitrogens is 1. The lowest BCUT2D eigenvalue weighted by molar-refractivity contribution is -0.115. The van der Waals surface area contributed by atoms with Gasteiger partial charge in [-0.05, 0) is 44.9 Å². The minimum atomic E-state index is -0.963. The number of aromatic amines is 1. The van der Waals surface area contributed by atoms with Crippen LogP contribution < -0.4 is 10.6 Å². The molecule has 1 aliphatic rings. The van der Waals surface area contributed by atoms with Crippen molar-refractivity contribution in [3.8, 4) is 0 Å². The van der Waals surface area contributed by atoms with Crippen LogP contribution in [0.5, 0.6) is 0 Å². The molecule has 9 heteroatoms.